The molecule has 1 aromatic heterocycles. The van der Waals surface area contributed by atoms with E-state index in [1.54, 1.807) is 11.1 Å². The van der Waals surface area contributed by atoms with E-state index >= 15 is 0 Å². The van der Waals surface area contributed by atoms with E-state index in [2.05, 4.69) is 29.4 Å². The molecule has 2 atom stereocenters. The SMILES string of the molecule is CCn1cc(C2(O)CC3COCC(C2)N3C(=O)OCC2c3ccccc3-c3ccccc32)cn1. The fourth-order valence-corrected chi connectivity index (χ4v) is 5.96. The Bertz CT molecular complexity index is 1160. The van der Waals surface area contributed by atoms with Crippen LogP contribution in [0.3, 0.4) is 0 Å². The zero-order valence-electron chi connectivity index (χ0n) is 19.3. The summed E-state index contributed by atoms with van der Waals surface area (Å²) in [7, 11) is 0. The molecule has 3 aliphatic rings. The highest BCUT2D eigenvalue weighted by molar-refractivity contribution is 5.79. The van der Waals surface area contributed by atoms with E-state index in [1.165, 1.54) is 22.3 Å². The molecule has 3 heterocycles. The zero-order valence-corrected chi connectivity index (χ0v) is 19.3. The van der Waals surface area contributed by atoms with Crippen LogP contribution in [-0.2, 0) is 21.6 Å². The molecule has 0 radical (unpaired) electrons. The van der Waals surface area contributed by atoms with Crippen molar-refractivity contribution < 1.29 is 19.4 Å². The quantitative estimate of drug-likeness (QED) is 0.640. The Labute approximate surface area is 198 Å². The normalized spacial score (nSPS) is 25.6. The van der Waals surface area contributed by atoms with Crippen LogP contribution in [0.15, 0.2) is 60.9 Å². The molecule has 0 spiro atoms. The third kappa shape index (κ3) is 3.42. The number of aliphatic hydroxyl groups is 1. The number of benzene rings is 2. The van der Waals surface area contributed by atoms with Gasteiger partial charge in [-0.15, -0.1) is 0 Å². The fraction of sp³-hybridized carbons (Fsp3) is 0.407. The molecule has 176 valence electrons. The number of piperidine rings is 1. The van der Waals surface area contributed by atoms with Gasteiger partial charge in [-0.1, -0.05) is 48.5 Å². The van der Waals surface area contributed by atoms with Crippen LogP contribution in [0.1, 0.15) is 42.4 Å². The number of hydrogen-bond acceptors (Lipinski definition) is 5. The monoisotopic (exact) mass is 459 g/mol. The smallest absolute Gasteiger partial charge is 0.410 e. The maximum absolute atomic E-state index is 13.3. The number of ether oxygens (including phenoxy) is 2. The summed E-state index contributed by atoms with van der Waals surface area (Å²) in [6.07, 6.45) is 4.13. The molecule has 6 rings (SSSR count). The second kappa shape index (κ2) is 8.25. The summed E-state index contributed by atoms with van der Waals surface area (Å²) in [6.45, 7) is 3.84. The van der Waals surface area contributed by atoms with E-state index in [4.69, 9.17) is 9.47 Å². The largest absolute Gasteiger partial charge is 0.448 e. The maximum atomic E-state index is 13.3. The molecule has 2 unspecified atom stereocenters. The van der Waals surface area contributed by atoms with Crippen LogP contribution in [0.2, 0.25) is 0 Å². The number of carbonyl (C=O) groups excluding carboxylic acids is 1. The fourth-order valence-electron chi connectivity index (χ4n) is 5.96. The molecule has 1 N–H and O–H groups in total. The lowest BCUT2D eigenvalue weighted by Gasteiger charge is -2.50. The zero-order chi connectivity index (χ0) is 23.3. The van der Waals surface area contributed by atoms with Crippen LogP contribution >= 0.6 is 0 Å². The van der Waals surface area contributed by atoms with E-state index in [-0.39, 0.29) is 30.7 Å². The van der Waals surface area contributed by atoms with Gasteiger partial charge in [0.1, 0.15) is 6.61 Å². The van der Waals surface area contributed by atoms with Gasteiger partial charge in [-0.2, -0.15) is 5.10 Å². The Kier molecular flexibility index (Phi) is 5.19. The van der Waals surface area contributed by atoms with Crippen LogP contribution < -0.4 is 0 Å². The Hall–Kier alpha value is -3.16. The van der Waals surface area contributed by atoms with E-state index in [9.17, 15) is 9.90 Å². The molecule has 7 heteroatoms. The summed E-state index contributed by atoms with van der Waals surface area (Å²) in [6, 6.07) is 16.2. The van der Waals surface area contributed by atoms with Crippen molar-refractivity contribution in [3.8, 4) is 11.1 Å². The number of aromatic nitrogens is 2. The minimum Gasteiger partial charge on any atom is -0.448 e. The molecule has 1 amide bonds. The first-order valence-electron chi connectivity index (χ1n) is 12.0. The molecule has 34 heavy (non-hydrogen) atoms. The van der Waals surface area contributed by atoms with Crippen LogP contribution in [0.4, 0.5) is 4.79 Å². The number of fused-ring (bicyclic) bond motifs is 5. The average Bonchev–Trinajstić information content (AvgIpc) is 3.46. The number of amides is 1. The maximum Gasteiger partial charge on any atom is 0.410 e. The van der Waals surface area contributed by atoms with Crippen molar-refractivity contribution in [2.45, 2.75) is 49.9 Å². The highest BCUT2D eigenvalue weighted by Crippen LogP contribution is 2.45. The summed E-state index contributed by atoms with van der Waals surface area (Å²) in [5.41, 5.74) is 4.59. The van der Waals surface area contributed by atoms with Crippen molar-refractivity contribution in [3.05, 3.63) is 77.6 Å². The summed E-state index contributed by atoms with van der Waals surface area (Å²) in [5.74, 6) is 0.0223. The van der Waals surface area contributed by atoms with Crippen molar-refractivity contribution in [2.24, 2.45) is 0 Å². The standard InChI is InChI=1S/C27H29N3O4/c1-2-29-14-18(13-28-29)27(32)11-19-15-33-16-20(12-27)30(19)26(31)34-17-25-23-9-5-3-7-21(23)22-8-4-6-10-24(22)25/h3-10,13-14,19-20,25,32H,2,11-12,15-17H2,1H3. The molecule has 7 nitrogen and oxygen atoms in total. The Morgan fingerprint density at radius 1 is 1.09 bits per heavy atom. The van der Waals surface area contributed by atoms with E-state index in [1.807, 2.05) is 42.1 Å². The van der Waals surface area contributed by atoms with Gasteiger partial charge in [-0.05, 0) is 29.2 Å². The molecule has 2 bridgehead atoms. The van der Waals surface area contributed by atoms with Gasteiger partial charge in [0, 0.05) is 37.1 Å². The lowest BCUT2D eigenvalue weighted by atomic mass is 9.78. The third-order valence-corrected chi connectivity index (χ3v) is 7.60. The van der Waals surface area contributed by atoms with Gasteiger partial charge in [0.25, 0.3) is 0 Å². The van der Waals surface area contributed by atoms with Crippen molar-refractivity contribution in [1.82, 2.24) is 14.7 Å². The van der Waals surface area contributed by atoms with Crippen molar-refractivity contribution in [2.75, 3.05) is 19.8 Å². The number of carbonyl (C=O) groups is 1. The first kappa shape index (κ1) is 21.4. The van der Waals surface area contributed by atoms with Crippen LogP contribution in [0.5, 0.6) is 0 Å². The summed E-state index contributed by atoms with van der Waals surface area (Å²) in [5, 5.41) is 15.8. The summed E-state index contributed by atoms with van der Waals surface area (Å²) in [4.78, 5) is 15.1. The van der Waals surface area contributed by atoms with Crippen molar-refractivity contribution in [1.29, 1.82) is 0 Å². The molecular weight excluding hydrogens is 430 g/mol. The predicted octanol–water partition coefficient (Wildman–Crippen LogP) is 3.90. The van der Waals surface area contributed by atoms with Crippen LogP contribution in [0.25, 0.3) is 11.1 Å². The lowest BCUT2D eigenvalue weighted by Crippen LogP contribution is -2.62. The van der Waals surface area contributed by atoms with Gasteiger partial charge >= 0.3 is 6.09 Å². The van der Waals surface area contributed by atoms with E-state index in [0.717, 1.165) is 12.1 Å². The van der Waals surface area contributed by atoms with Gasteiger partial charge in [0.2, 0.25) is 0 Å². The number of rotatable bonds is 4. The topological polar surface area (TPSA) is 76.8 Å². The Morgan fingerprint density at radius 2 is 1.71 bits per heavy atom. The number of morpholine rings is 1. The first-order chi connectivity index (χ1) is 16.6. The second-order valence-corrected chi connectivity index (χ2v) is 9.58. The van der Waals surface area contributed by atoms with Gasteiger partial charge in [0.05, 0.1) is 37.1 Å². The minimum absolute atomic E-state index is 0.0223. The molecule has 2 fully saturated rings. The van der Waals surface area contributed by atoms with Crippen LogP contribution in [-0.4, -0.2) is 57.8 Å². The van der Waals surface area contributed by atoms with Gasteiger partial charge in [-0.25, -0.2) is 4.79 Å². The highest BCUT2D eigenvalue weighted by Gasteiger charge is 2.50. The molecule has 2 aromatic carbocycles. The van der Waals surface area contributed by atoms with Gasteiger partial charge in [0.15, 0.2) is 0 Å². The van der Waals surface area contributed by atoms with Crippen molar-refractivity contribution >= 4 is 6.09 Å². The van der Waals surface area contributed by atoms with E-state index < -0.39 is 5.60 Å². The first-order valence-corrected chi connectivity index (χ1v) is 12.0. The molecule has 3 aromatic rings. The van der Waals surface area contributed by atoms with E-state index in [0.29, 0.717) is 26.1 Å². The Balaban J connectivity index is 1.20. The lowest BCUT2D eigenvalue weighted by molar-refractivity contribution is -0.136. The molecule has 1 aliphatic carbocycles. The van der Waals surface area contributed by atoms with Crippen LogP contribution in [0, 0.1) is 0 Å². The second-order valence-electron chi connectivity index (χ2n) is 9.58. The average molecular weight is 460 g/mol. The molecule has 2 saturated heterocycles. The number of hydrogen-bond donors (Lipinski definition) is 1. The molecule has 0 saturated carbocycles. The minimum atomic E-state index is -1.02. The van der Waals surface area contributed by atoms with Gasteiger partial charge in [-0.3, -0.25) is 9.58 Å². The van der Waals surface area contributed by atoms with Gasteiger partial charge < -0.3 is 14.6 Å². The van der Waals surface area contributed by atoms with Crippen molar-refractivity contribution in [3.63, 3.8) is 0 Å². The number of nitrogens with zero attached hydrogens (tertiary/aromatic N) is 3. The molecule has 2 aliphatic heterocycles. The Morgan fingerprint density at radius 3 is 2.29 bits per heavy atom. The summed E-state index contributed by atoms with van der Waals surface area (Å²) < 4.78 is 13.5. The predicted molar refractivity (Wildman–Crippen MR) is 126 cm³/mol. The highest BCUT2D eigenvalue weighted by atomic mass is 16.6. The number of aryl methyl sites for hydroxylation is 1. The summed E-state index contributed by atoms with van der Waals surface area (Å²) >= 11 is 0. The third-order valence-electron chi connectivity index (χ3n) is 7.60. The molecular formula is C27H29N3O4.